The van der Waals surface area contributed by atoms with Crippen LogP contribution in [0.4, 0.5) is 0 Å². The van der Waals surface area contributed by atoms with Gasteiger partial charge in [-0.25, -0.2) is 15.0 Å². The first-order chi connectivity index (χ1) is 31.7. The lowest BCUT2D eigenvalue weighted by Gasteiger charge is -2.17. The van der Waals surface area contributed by atoms with Crippen LogP contribution in [0.25, 0.3) is 122 Å². The van der Waals surface area contributed by atoms with E-state index in [4.69, 9.17) is 15.0 Å². The topological polar surface area (TPSA) is 48.5 Å². The summed E-state index contributed by atoms with van der Waals surface area (Å²) in [6.07, 6.45) is 0. The van der Waals surface area contributed by atoms with Crippen molar-refractivity contribution in [3.05, 3.63) is 224 Å². The smallest absolute Gasteiger partial charge is 0.166 e. The number of hydrogen-bond acceptors (Lipinski definition) is 3. The molecule has 5 heteroatoms. The molecule has 0 aliphatic heterocycles. The molecule has 0 spiro atoms. The van der Waals surface area contributed by atoms with E-state index in [0.29, 0.717) is 17.5 Å². The number of fused-ring (bicyclic) bond motifs is 8. The van der Waals surface area contributed by atoms with Crippen LogP contribution in [0.5, 0.6) is 0 Å². The third-order valence-corrected chi connectivity index (χ3v) is 12.7. The van der Waals surface area contributed by atoms with E-state index in [1.807, 2.05) is 18.2 Å². The van der Waals surface area contributed by atoms with E-state index < -0.39 is 0 Å². The van der Waals surface area contributed by atoms with E-state index in [9.17, 15) is 0 Å². The van der Waals surface area contributed by atoms with Gasteiger partial charge in [-0.05, 0) is 93.3 Å². The third kappa shape index (κ3) is 5.68. The Morgan fingerprint density at radius 3 is 1.59 bits per heavy atom. The van der Waals surface area contributed by atoms with E-state index in [1.54, 1.807) is 0 Å². The average molecular weight is 816 g/mol. The van der Waals surface area contributed by atoms with Gasteiger partial charge in [-0.1, -0.05) is 164 Å². The molecule has 0 saturated carbocycles. The van der Waals surface area contributed by atoms with Crippen LogP contribution in [0.15, 0.2) is 224 Å². The molecule has 298 valence electrons. The molecule has 13 rings (SSSR count). The van der Waals surface area contributed by atoms with Crippen molar-refractivity contribution in [2.75, 3.05) is 0 Å². The van der Waals surface area contributed by atoms with Gasteiger partial charge in [0.15, 0.2) is 17.5 Å². The molecule has 0 fully saturated rings. The summed E-state index contributed by atoms with van der Waals surface area (Å²) in [7, 11) is 0. The molecule has 0 aliphatic rings. The molecule has 0 radical (unpaired) electrons. The van der Waals surface area contributed by atoms with Crippen molar-refractivity contribution in [3.8, 4) is 56.7 Å². The highest BCUT2D eigenvalue weighted by Gasteiger charge is 2.23. The maximum absolute atomic E-state index is 5.50. The molecular formula is C59H37N5. The van der Waals surface area contributed by atoms with Crippen molar-refractivity contribution in [3.63, 3.8) is 0 Å². The Labute approximate surface area is 368 Å². The second kappa shape index (κ2) is 14.5. The van der Waals surface area contributed by atoms with E-state index in [2.05, 4.69) is 215 Å². The molecule has 0 unspecified atom stereocenters. The number of aromatic nitrogens is 5. The average Bonchev–Trinajstić information content (AvgIpc) is 3.88. The molecule has 13 aromatic rings. The lowest BCUT2D eigenvalue weighted by Crippen LogP contribution is -2.03. The van der Waals surface area contributed by atoms with Crippen LogP contribution in [0.3, 0.4) is 0 Å². The molecule has 3 heterocycles. The first kappa shape index (κ1) is 36.0. The van der Waals surface area contributed by atoms with Gasteiger partial charge in [-0.3, -0.25) is 0 Å². The van der Waals surface area contributed by atoms with Crippen molar-refractivity contribution < 1.29 is 0 Å². The molecule has 0 bridgehead atoms. The molecule has 0 aliphatic carbocycles. The maximum atomic E-state index is 5.50. The predicted molar refractivity (Wildman–Crippen MR) is 265 cm³/mol. The van der Waals surface area contributed by atoms with Crippen LogP contribution in [0.2, 0.25) is 0 Å². The normalized spacial score (nSPS) is 11.8. The van der Waals surface area contributed by atoms with Crippen molar-refractivity contribution in [1.29, 1.82) is 0 Å². The quantitative estimate of drug-likeness (QED) is 0.168. The third-order valence-electron chi connectivity index (χ3n) is 12.7. The maximum Gasteiger partial charge on any atom is 0.166 e. The minimum absolute atomic E-state index is 0.603. The largest absolute Gasteiger partial charge is 0.309 e. The zero-order valence-electron chi connectivity index (χ0n) is 34.6. The molecule has 0 amide bonds. The molecule has 0 N–H and O–H groups in total. The van der Waals surface area contributed by atoms with Crippen molar-refractivity contribution in [2.24, 2.45) is 0 Å². The van der Waals surface area contributed by atoms with Gasteiger partial charge < -0.3 is 9.13 Å². The van der Waals surface area contributed by atoms with Gasteiger partial charge in [0.2, 0.25) is 0 Å². The Morgan fingerprint density at radius 2 is 0.812 bits per heavy atom. The minimum Gasteiger partial charge on any atom is -0.309 e. The van der Waals surface area contributed by atoms with Gasteiger partial charge in [0.25, 0.3) is 0 Å². The second-order valence-electron chi connectivity index (χ2n) is 16.4. The molecule has 10 aromatic carbocycles. The summed E-state index contributed by atoms with van der Waals surface area (Å²) in [6.45, 7) is 0. The molecular weight excluding hydrogens is 779 g/mol. The monoisotopic (exact) mass is 815 g/mol. The van der Waals surface area contributed by atoms with E-state index in [0.717, 1.165) is 72.0 Å². The van der Waals surface area contributed by atoms with Crippen molar-refractivity contribution in [2.45, 2.75) is 0 Å². The minimum atomic E-state index is 0.603. The highest BCUT2D eigenvalue weighted by molar-refractivity contribution is 6.15. The Bertz CT molecular complexity index is 3950. The lowest BCUT2D eigenvalue weighted by atomic mass is 9.93. The summed E-state index contributed by atoms with van der Waals surface area (Å²) < 4.78 is 4.75. The fraction of sp³-hybridized carbons (Fsp3) is 0. The number of hydrogen-bond donors (Lipinski definition) is 0. The summed E-state index contributed by atoms with van der Waals surface area (Å²) in [6, 6.07) is 79.9. The second-order valence-corrected chi connectivity index (χ2v) is 16.4. The van der Waals surface area contributed by atoms with Crippen LogP contribution in [0, 0.1) is 0 Å². The summed E-state index contributed by atoms with van der Waals surface area (Å²) in [4.78, 5) is 16.2. The summed E-state index contributed by atoms with van der Waals surface area (Å²) in [5.41, 5.74) is 11.5. The molecule has 5 nitrogen and oxygen atoms in total. The highest BCUT2D eigenvalue weighted by atomic mass is 15.1. The van der Waals surface area contributed by atoms with Gasteiger partial charge >= 0.3 is 0 Å². The molecule has 0 saturated heterocycles. The summed E-state index contributed by atoms with van der Waals surface area (Å²) >= 11 is 0. The molecule has 64 heavy (non-hydrogen) atoms. The van der Waals surface area contributed by atoms with E-state index >= 15 is 0 Å². The summed E-state index contributed by atoms with van der Waals surface area (Å²) in [5.74, 6) is 1.82. The number of rotatable bonds is 6. The van der Waals surface area contributed by atoms with Crippen LogP contribution in [-0.2, 0) is 0 Å². The van der Waals surface area contributed by atoms with Gasteiger partial charge in [0.1, 0.15) is 0 Å². The zero-order valence-corrected chi connectivity index (χ0v) is 34.6. The number of nitrogens with zero attached hydrogens (tertiary/aromatic N) is 5. The first-order valence-electron chi connectivity index (χ1n) is 21.7. The molecule has 0 atom stereocenters. The SMILES string of the molecule is c1ccc(-c2nc(-c3ccc(-n4c5ccccc5c5cc6ccccc6cc54)cc3-c3cccc4ccccc34)nc(-c3cccc4c5ccccc5n(-c5ccccc5)c34)n2)cc1. The standard InChI is InChI=1S/C59H37N5/c1-3-18-39(19-4-1)57-60-58(62-59(61-57)50-30-16-29-48-46-26-11-14-32-54(46)64(56(48)50)42-23-5-2-6-24-42)49-34-33-43(37-51(49)45-28-15-22-38-17-9-10-25-44(38)45)63-53-31-13-12-27-47(53)52-35-40-20-7-8-21-41(40)36-55(52)63/h1-37H. The Hall–Kier alpha value is -8.67. The van der Waals surface area contributed by atoms with Crippen molar-refractivity contribution >= 4 is 65.2 Å². The lowest BCUT2D eigenvalue weighted by molar-refractivity contribution is 1.07. The molecule has 3 aromatic heterocycles. The van der Waals surface area contributed by atoms with Crippen molar-refractivity contribution in [1.82, 2.24) is 24.1 Å². The fourth-order valence-corrected chi connectivity index (χ4v) is 9.86. The van der Waals surface area contributed by atoms with Gasteiger partial charge in [-0.15, -0.1) is 0 Å². The van der Waals surface area contributed by atoms with Gasteiger partial charge in [0.05, 0.1) is 22.1 Å². The van der Waals surface area contributed by atoms with Crippen LogP contribution >= 0.6 is 0 Å². The summed E-state index contributed by atoms with van der Waals surface area (Å²) in [5, 5.41) is 9.51. The van der Waals surface area contributed by atoms with E-state index in [1.165, 1.54) is 32.3 Å². The van der Waals surface area contributed by atoms with Crippen LogP contribution in [0.1, 0.15) is 0 Å². The Kier molecular flexibility index (Phi) is 8.15. The Morgan fingerprint density at radius 1 is 0.266 bits per heavy atom. The van der Waals surface area contributed by atoms with Gasteiger partial charge in [0, 0.05) is 49.6 Å². The fourth-order valence-electron chi connectivity index (χ4n) is 9.86. The predicted octanol–water partition coefficient (Wildman–Crippen LogP) is 15.0. The highest BCUT2D eigenvalue weighted by Crippen LogP contribution is 2.42. The van der Waals surface area contributed by atoms with Crippen LogP contribution in [-0.4, -0.2) is 24.1 Å². The first-order valence-corrected chi connectivity index (χ1v) is 21.7. The number of benzene rings is 10. The number of para-hydroxylation sites is 4. The zero-order chi connectivity index (χ0) is 42.1. The van der Waals surface area contributed by atoms with E-state index in [-0.39, 0.29) is 0 Å². The van der Waals surface area contributed by atoms with Crippen LogP contribution < -0.4 is 0 Å². The van der Waals surface area contributed by atoms with Gasteiger partial charge in [-0.2, -0.15) is 0 Å². The Balaban J connectivity index is 1.11.